The van der Waals surface area contributed by atoms with Crippen LogP contribution in [0.4, 0.5) is 16.2 Å². The van der Waals surface area contributed by atoms with Crippen molar-refractivity contribution in [2.24, 2.45) is 10.7 Å². The molecule has 9 nitrogen and oxygen atoms in total. The standard InChI is InChI=1S/C24H23N5O4/c1-16(25)14-19(26-17-6-4-3-5-7-17)23-21(30)10-11-29(27-23)20-9-8-18(15-22(20)32-2)28-12-13-33-24(28)31/h3-11,14-15H,12-13,25H2,1-2H3. The van der Waals surface area contributed by atoms with Gasteiger partial charge in [0.15, 0.2) is 5.69 Å². The number of carbonyl (C=O) groups is 1. The predicted molar refractivity (Wildman–Crippen MR) is 126 cm³/mol. The summed E-state index contributed by atoms with van der Waals surface area (Å²) in [6.07, 6.45) is 2.76. The number of aliphatic imine (C=N–C) groups is 1. The number of anilines is 1. The molecule has 1 aliphatic heterocycles. The minimum Gasteiger partial charge on any atom is -0.494 e. The second-order valence-corrected chi connectivity index (χ2v) is 7.32. The molecule has 0 atom stereocenters. The van der Waals surface area contributed by atoms with Gasteiger partial charge in [0.05, 0.1) is 30.7 Å². The van der Waals surface area contributed by atoms with E-state index in [9.17, 15) is 9.59 Å². The highest BCUT2D eigenvalue weighted by Crippen LogP contribution is 2.29. The number of carbonyl (C=O) groups excluding carboxylic acids is 1. The maximum atomic E-state index is 12.7. The first kappa shape index (κ1) is 21.8. The van der Waals surface area contributed by atoms with E-state index < -0.39 is 6.09 Å². The van der Waals surface area contributed by atoms with Gasteiger partial charge >= 0.3 is 6.09 Å². The molecule has 0 bridgehead atoms. The van der Waals surface area contributed by atoms with E-state index in [1.54, 1.807) is 37.4 Å². The summed E-state index contributed by atoms with van der Waals surface area (Å²) in [5.41, 5.74) is 8.47. The fourth-order valence-electron chi connectivity index (χ4n) is 3.38. The number of allylic oxidation sites excluding steroid dienone is 2. The normalized spacial score (nSPS) is 14.4. The molecule has 168 valence electrons. The van der Waals surface area contributed by atoms with Crippen LogP contribution in [0.25, 0.3) is 5.69 Å². The van der Waals surface area contributed by atoms with Crippen molar-refractivity contribution in [1.82, 2.24) is 9.78 Å². The lowest BCUT2D eigenvalue weighted by Gasteiger charge is -2.17. The Kier molecular flexibility index (Phi) is 6.21. The molecule has 0 aliphatic carbocycles. The summed E-state index contributed by atoms with van der Waals surface area (Å²) in [6.45, 7) is 2.52. The lowest BCUT2D eigenvalue weighted by molar-refractivity contribution is 0.181. The lowest BCUT2D eigenvalue weighted by Crippen LogP contribution is -2.23. The van der Waals surface area contributed by atoms with Crippen LogP contribution in [0.5, 0.6) is 5.75 Å². The second-order valence-electron chi connectivity index (χ2n) is 7.32. The van der Waals surface area contributed by atoms with E-state index in [0.717, 1.165) is 0 Å². The summed E-state index contributed by atoms with van der Waals surface area (Å²) >= 11 is 0. The molecule has 2 aromatic carbocycles. The summed E-state index contributed by atoms with van der Waals surface area (Å²) < 4.78 is 12.1. The number of benzene rings is 2. The zero-order chi connectivity index (χ0) is 23.4. The van der Waals surface area contributed by atoms with Crippen LogP contribution in [0.3, 0.4) is 0 Å². The number of hydrogen-bond donors (Lipinski definition) is 1. The monoisotopic (exact) mass is 445 g/mol. The van der Waals surface area contributed by atoms with Gasteiger partial charge in [-0.25, -0.2) is 14.5 Å². The van der Waals surface area contributed by atoms with Gasteiger partial charge in [0.1, 0.15) is 18.0 Å². The van der Waals surface area contributed by atoms with Crippen LogP contribution >= 0.6 is 0 Å². The van der Waals surface area contributed by atoms with E-state index in [0.29, 0.717) is 47.4 Å². The zero-order valence-electron chi connectivity index (χ0n) is 18.3. The van der Waals surface area contributed by atoms with Crippen molar-refractivity contribution in [3.05, 3.63) is 88.5 Å². The number of ether oxygens (including phenoxy) is 2. The Morgan fingerprint density at radius 2 is 1.97 bits per heavy atom. The van der Waals surface area contributed by atoms with Gasteiger partial charge in [0.2, 0.25) is 5.43 Å². The molecule has 33 heavy (non-hydrogen) atoms. The van der Waals surface area contributed by atoms with Crippen molar-refractivity contribution in [3.8, 4) is 11.4 Å². The van der Waals surface area contributed by atoms with Gasteiger partial charge in [0, 0.05) is 24.0 Å². The summed E-state index contributed by atoms with van der Waals surface area (Å²) in [4.78, 5) is 30.7. The molecule has 1 saturated heterocycles. The minimum atomic E-state index is -0.403. The molecule has 2 heterocycles. The highest BCUT2D eigenvalue weighted by atomic mass is 16.6. The third-order valence-electron chi connectivity index (χ3n) is 4.90. The molecule has 0 saturated carbocycles. The quantitative estimate of drug-likeness (QED) is 0.583. The van der Waals surface area contributed by atoms with Crippen LogP contribution in [0.1, 0.15) is 12.6 Å². The molecule has 0 spiro atoms. The Labute approximate surface area is 190 Å². The fourth-order valence-corrected chi connectivity index (χ4v) is 3.38. The fraction of sp³-hybridized carbons (Fsp3) is 0.167. The molecule has 1 amide bonds. The first-order valence-electron chi connectivity index (χ1n) is 10.3. The third kappa shape index (κ3) is 4.77. The first-order valence-corrected chi connectivity index (χ1v) is 10.3. The molecule has 0 unspecified atom stereocenters. The number of cyclic esters (lactones) is 1. The van der Waals surface area contributed by atoms with Crippen LogP contribution in [0, 0.1) is 0 Å². The smallest absolute Gasteiger partial charge is 0.414 e. The van der Waals surface area contributed by atoms with E-state index in [2.05, 4.69) is 10.1 Å². The van der Waals surface area contributed by atoms with Gasteiger partial charge in [-0.2, -0.15) is 5.10 Å². The molecule has 1 aromatic heterocycles. The van der Waals surface area contributed by atoms with Crippen molar-refractivity contribution in [2.45, 2.75) is 6.92 Å². The molecule has 9 heteroatoms. The molecule has 2 N–H and O–H groups in total. The van der Waals surface area contributed by atoms with Crippen molar-refractivity contribution >= 4 is 23.2 Å². The van der Waals surface area contributed by atoms with Gasteiger partial charge in [-0.1, -0.05) is 18.2 Å². The van der Waals surface area contributed by atoms with Crippen molar-refractivity contribution in [1.29, 1.82) is 0 Å². The molecular formula is C24H23N5O4. The number of aromatic nitrogens is 2. The van der Waals surface area contributed by atoms with E-state index in [4.69, 9.17) is 15.2 Å². The van der Waals surface area contributed by atoms with Crippen molar-refractivity contribution in [3.63, 3.8) is 0 Å². The maximum absolute atomic E-state index is 12.7. The van der Waals surface area contributed by atoms with E-state index in [1.165, 1.54) is 22.8 Å². The molecule has 3 aromatic rings. The van der Waals surface area contributed by atoms with Gasteiger partial charge in [-0.05, 0) is 37.3 Å². The van der Waals surface area contributed by atoms with Crippen molar-refractivity contribution < 1.29 is 14.3 Å². The molecule has 1 fully saturated rings. The summed E-state index contributed by atoms with van der Waals surface area (Å²) in [7, 11) is 1.52. The Hall–Kier alpha value is -4.40. The van der Waals surface area contributed by atoms with E-state index >= 15 is 0 Å². The molecule has 4 rings (SSSR count). The zero-order valence-corrected chi connectivity index (χ0v) is 18.3. The predicted octanol–water partition coefficient (Wildman–Crippen LogP) is 3.18. The van der Waals surface area contributed by atoms with Crippen LogP contribution in [-0.4, -0.2) is 41.8 Å². The lowest BCUT2D eigenvalue weighted by atomic mass is 10.2. The molecule has 0 radical (unpaired) electrons. The number of para-hydroxylation sites is 1. The second kappa shape index (κ2) is 9.39. The van der Waals surface area contributed by atoms with Gasteiger partial charge in [-0.15, -0.1) is 0 Å². The average molecular weight is 445 g/mol. The Bertz CT molecular complexity index is 1290. The van der Waals surface area contributed by atoms with Gasteiger partial charge in [0.25, 0.3) is 0 Å². The topological polar surface area (TPSA) is 112 Å². The Morgan fingerprint density at radius 1 is 1.18 bits per heavy atom. The highest BCUT2D eigenvalue weighted by Gasteiger charge is 2.24. The SMILES string of the molecule is COc1cc(N2CCOC2=O)ccc1-n1ccc(=O)c(C(C=C(C)N)=Nc2ccccc2)n1. The number of methoxy groups -OCH3 is 1. The number of rotatable bonds is 6. The molecular weight excluding hydrogens is 422 g/mol. The number of hydrogen-bond acceptors (Lipinski definition) is 7. The van der Waals surface area contributed by atoms with Gasteiger partial charge in [-0.3, -0.25) is 9.69 Å². The third-order valence-corrected chi connectivity index (χ3v) is 4.90. The van der Waals surface area contributed by atoms with E-state index in [1.807, 2.05) is 30.3 Å². The maximum Gasteiger partial charge on any atom is 0.414 e. The first-order chi connectivity index (χ1) is 16.0. The largest absolute Gasteiger partial charge is 0.494 e. The van der Waals surface area contributed by atoms with Crippen LogP contribution < -0.4 is 20.8 Å². The van der Waals surface area contributed by atoms with Crippen LogP contribution in [-0.2, 0) is 4.74 Å². The summed E-state index contributed by atoms with van der Waals surface area (Å²) in [6, 6.07) is 15.9. The molecule has 1 aliphatic rings. The average Bonchev–Trinajstić information content (AvgIpc) is 3.25. The van der Waals surface area contributed by atoms with E-state index in [-0.39, 0.29) is 11.1 Å². The summed E-state index contributed by atoms with van der Waals surface area (Å²) in [5.74, 6) is 0.474. The summed E-state index contributed by atoms with van der Waals surface area (Å²) in [5, 5.41) is 4.53. The van der Waals surface area contributed by atoms with Crippen LogP contribution in [0.15, 0.2) is 82.4 Å². The van der Waals surface area contributed by atoms with Crippen LogP contribution in [0.2, 0.25) is 0 Å². The van der Waals surface area contributed by atoms with Gasteiger partial charge < -0.3 is 15.2 Å². The minimum absolute atomic E-state index is 0.139. The highest BCUT2D eigenvalue weighted by molar-refractivity contribution is 6.08. The van der Waals surface area contributed by atoms with Crippen molar-refractivity contribution in [2.75, 3.05) is 25.2 Å². The Balaban J connectivity index is 1.79. The Morgan fingerprint density at radius 3 is 2.64 bits per heavy atom. The number of amides is 1. The number of nitrogens with zero attached hydrogens (tertiary/aromatic N) is 4. The number of nitrogens with two attached hydrogens (primary N) is 1.